The van der Waals surface area contributed by atoms with Crippen LogP contribution in [0.4, 0.5) is 15.6 Å². The van der Waals surface area contributed by atoms with E-state index >= 15 is 0 Å². The van der Waals surface area contributed by atoms with Crippen molar-refractivity contribution in [1.82, 2.24) is 10.3 Å². The summed E-state index contributed by atoms with van der Waals surface area (Å²) in [4.78, 5) is 26.0. The van der Waals surface area contributed by atoms with E-state index in [4.69, 9.17) is 9.84 Å². The fraction of sp³-hybridized carbons (Fsp3) is 0.333. The fourth-order valence-corrected chi connectivity index (χ4v) is 2.52. The van der Waals surface area contributed by atoms with Gasteiger partial charge in [0.05, 0.1) is 35.0 Å². The van der Waals surface area contributed by atoms with Crippen LogP contribution >= 0.6 is 11.3 Å². The average molecular weight is 326 g/mol. The van der Waals surface area contributed by atoms with Gasteiger partial charge in [0, 0.05) is 18.7 Å². The molecule has 0 radical (unpaired) electrons. The molecule has 0 atom stereocenters. The predicted octanol–water partition coefficient (Wildman–Crippen LogP) is 1.33. The minimum atomic E-state index is -0.481. The molecule has 2 aromatic rings. The summed E-state index contributed by atoms with van der Waals surface area (Å²) in [6, 6.07) is 3.88. The van der Waals surface area contributed by atoms with Gasteiger partial charge in [-0.1, -0.05) is 11.3 Å². The molecule has 0 aliphatic rings. The zero-order chi connectivity index (χ0) is 15.9. The van der Waals surface area contributed by atoms with Crippen molar-refractivity contribution in [3.63, 3.8) is 0 Å². The number of aromatic nitrogens is 1. The molecule has 10 heteroatoms. The number of nitrogens with one attached hydrogen (secondary N) is 2. The van der Waals surface area contributed by atoms with Crippen LogP contribution in [0, 0.1) is 10.1 Å². The van der Waals surface area contributed by atoms with Crippen LogP contribution in [0.25, 0.3) is 10.2 Å². The zero-order valence-electron chi connectivity index (χ0n) is 11.4. The van der Waals surface area contributed by atoms with E-state index < -0.39 is 11.0 Å². The molecule has 0 bridgehead atoms. The number of benzene rings is 1. The number of carbonyl (C=O) groups is 1. The maximum absolute atomic E-state index is 11.6. The van der Waals surface area contributed by atoms with E-state index in [1.807, 2.05) is 0 Å². The van der Waals surface area contributed by atoms with Crippen molar-refractivity contribution in [3.05, 3.63) is 28.3 Å². The number of nitrogens with zero attached hydrogens (tertiary/aromatic N) is 2. The Morgan fingerprint density at radius 1 is 1.45 bits per heavy atom. The molecule has 0 spiro atoms. The van der Waals surface area contributed by atoms with Crippen LogP contribution in [0.1, 0.15) is 0 Å². The minimum Gasteiger partial charge on any atom is -0.394 e. The maximum atomic E-state index is 11.6. The first-order valence-electron chi connectivity index (χ1n) is 6.38. The monoisotopic (exact) mass is 326 g/mol. The van der Waals surface area contributed by atoms with Gasteiger partial charge in [-0.25, -0.2) is 9.78 Å². The first-order chi connectivity index (χ1) is 10.6. The summed E-state index contributed by atoms with van der Waals surface area (Å²) in [5.74, 6) is 0. The Morgan fingerprint density at radius 3 is 3.00 bits per heavy atom. The lowest BCUT2D eigenvalue weighted by atomic mass is 10.3. The van der Waals surface area contributed by atoms with Gasteiger partial charge in [0.15, 0.2) is 5.13 Å². The second-order valence-electron chi connectivity index (χ2n) is 4.15. The van der Waals surface area contributed by atoms with Gasteiger partial charge in [0.25, 0.3) is 5.69 Å². The Labute approximate surface area is 129 Å². The van der Waals surface area contributed by atoms with Crippen LogP contribution in [-0.4, -0.2) is 47.4 Å². The number of hydrogen-bond acceptors (Lipinski definition) is 7. The SMILES string of the molecule is O=C(NCCOCCO)Nc1nc2ccc([N+](=O)[O-])cc2s1. The summed E-state index contributed by atoms with van der Waals surface area (Å²) in [5, 5.41) is 24.7. The second kappa shape index (κ2) is 7.64. The molecule has 118 valence electrons. The molecular weight excluding hydrogens is 312 g/mol. The lowest BCUT2D eigenvalue weighted by molar-refractivity contribution is -0.384. The first-order valence-corrected chi connectivity index (χ1v) is 7.20. The number of rotatable bonds is 7. The second-order valence-corrected chi connectivity index (χ2v) is 5.18. The summed E-state index contributed by atoms with van der Waals surface area (Å²) < 4.78 is 5.62. The van der Waals surface area contributed by atoms with Crippen LogP contribution in [0.5, 0.6) is 0 Å². The number of non-ortho nitro benzene ring substituents is 1. The Balaban J connectivity index is 1.91. The highest BCUT2D eigenvalue weighted by Crippen LogP contribution is 2.28. The van der Waals surface area contributed by atoms with Gasteiger partial charge >= 0.3 is 6.03 Å². The third kappa shape index (κ3) is 4.35. The van der Waals surface area contributed by atoms with Gasteiger partial charge < -0.3 is 15.2 Å². The molecule has 3 N–H and O–H groups in total. The number of thiazole rings is 1. The molecule has 0 aliphatic carbocycles. The molecular formula is C12H14N4O5S. The number of anilines is 1. The van der Waals surface area contributed by atoms with E-state index in [0.717, 1.165) is 11.3 Å². The molecule has 0 aliphatic heterocycles. The molecule has 1 aromatic heterocycles. The molecule has 9 nitrogen and oxygen atoms in total. The molecule has 2 rings (SSSR count). The Morgan fingerprint density at radius 2 is 2.27 bits per heavy atom. The summed E-state index contributed by atoms with van der Waals surface area (Å²) in [6.45, 7) is 0.742. The lowest BCUT2D eigenvalue weighted by Gasteiger charge is -2.05. The summed E-state index contributed by atoms with van der Waals surface area (Å²) in [5.41, 5.74) is 0.561. The van der Waals surface area contributed by atoms with Crippen molar-refractivity contribution in [2.24, 2.45) is 0 Å². The highest BCUT2D eigenvalue weighted by Gasteiger charge is 2.11. The summed E-state index contributed by atoms with van der Waals surface area (Å²) in [6.07, 6.45) is 0. The minimum absolute atomic E-state index is 0.0202. The predicted molar refractivity (Wildman–Crippen MR) is 81.2 cm³/mol. The van der Waals surface area contributed by atoms with Gasteiger partial charge in [0.2, 0.25) is 0 Å². The van der Waals surface area contributed by atoms with Crippen molar-refractivity contribution in [2.75, 3.05) is 31.7 Å². The van der Waals surface area contributed by atoms with Crippen LogP contribution in [-0.2, 0) is 4.74 Å². The van der Waals surface area contributed by atoms with Gasteiger partial charge in [-0.15, -0.1) is 0 Å². The molecule has 0 fully saturated rings. The van der Waals surface area contributed by atoms with Crippen LogP contribution < -0.4 is 10.6 Å². The quantitative estimate of drug-likeness (QED) is 0.400. The van der Waals surface area contributed by atoms with Crippen LogP contribution in [0.3, 0.4) is 0 Å². The number of aliphatic hydroxyl groups is 1. The molecule has 0 saturated heterocycles. The Hall–Kier alpha value is -2.30. The maximum Gasteiger partial charge on any atom is 0.321 e. The molecule has 0 unspecified atom stereocenters. The van der Waals surface area contributed by atoms with E-state index in [-0.39, 0.29) is 18.9 Å². The number of ether oxygens (including phenoxy) is 1. The number of aliphatic hydroxyl groups excluding tert-OH is 1. The van der Waals surface area contributed by atoms with Crippen molar-refractivity contribution < 1.29 is 19.6 Å². The van der Waals surface area contributed by atoms with Gasteiger partial charge in [-0.3, -0.25) is 15.4 Å². The number of hydrogen-bond donors (Lipinski definition) is 3. The van der Waals surface area contributed by atoms with Crippen molar-refractivity contribution >= 4 is 38.4 Å². The standard InChI is InChI=1S/C12H14N4O5S/c17-4-6-21-5-3-13-11(18)15-12-14-9-2-1-8(16(19)20)7-10(9)22-12/h1-2,7,17H,3-6H2,(H2,13,14,15,18). The molecule has 0 saturated carbocycles. The molecule has 1 heterocycles. The smallest absolute Gasteiger partial charge is 0.321 e. The number of carbonyl (C=O) groups excluding carboxylic acids is 1. The number of amides is 2. The number of fused-ring (bicyclic) bond motifs is 1. The van der Waals surface area contributed by atoms with E-state index in [1.54, 1.807) is 0 Å². The van der Waals surface area contributed by atoms with Gasteiger partial charge in [-0.2, -0.15) is 0 Å². The summed E-state index contributed by atoms with van der Waals surface area (Å²) >= 11 is 1.15. The van der Waals surface area contributed by atoms with E-state index in [0.29, 0.717) is 28.5 Å². The molecule has 2 amide bonds. The third-order valence-corrected chi connectivity index (χ3v) is 3.50. The van der Waals surface area contributed by atoms with Crippen LogP contribution in [0.2, 0.25) is 0 Å². The Kier molecular flexibility index (Phi) is 5.58. The molecule has 22 heavy (non-hydrogen) atoms. The normalized spacial score (nSPS) is 10.6. The summed E-state index contributed by atoms with van der Waals surface area (Å²) in [7, 11) is 0. The zero-order valence-corrected chi connectivity index (χ0v) is 12.3. The molecule has 1 aromatic carbocycles. The highest BCUT2D eigenvalue weighted by molar-refractivity contribution is 7.22. The first kappa shape index (κ1) is 16.1. The average Bonchev–Trinajstić information content (AvgIpc) is 2.87. The number of nitro benzene ring substituents is 1. The van der Waals surface area contributed by atoms with E-state index in [9.17, 15) is 14.9 Å². The third-order valence-electron chi connectivity index (χ3n) is 2.57. The van der Waals surface area contributed by atoms with Crippen molar-refractivity contribution in [1.29, 1.82) is 0 Å². The van der Waals surface area contributed by atoms with Crippen molar-refractivity contribution in [2.45, 2.75) is 0 Å². The fourth-order valence-electron chi connectivity index (χ4n) is 1.62. The highest BCUT2D eigenvalue weighted by atomic mass is 32.1. The topological polar surface area (TPSA) is 127 Å². The van der Waals surface area contributed by atoms with Crippen molar-refractivity contribution in [3.8, 4) is 0 Å². The Bertz CT molecular complexity index is 675. The lowest BCUT2D eigenvalue weighted by Crippen LogP contribution is -2.31. The van der Waals surface area contributed by atoms with E-state index in [2.05, 4.69) is 15.6 Å². The number of nitro groups is 1. The van der Waals surface area contributed by atoms with Gasteiger partial charge in [0.1, 0.15) is 0 Å². The largest absolute Gasteiger partial charge is 0.394 e. The number of urea groups is 1. The van der Waals surface area contributed by atoms with Gasteiger partial charge in [-0.05, 0) is 6.07 Å². The van der Waals surface area contributed by atoms with Crippen LogP contribution in [0.15, 0.2) is 18.2 Å². The van der Waals surface area contributed by atoms with E-state index in [1.165, 1.54) is 18.2 Å².